The van der Waals surface area contributed by atoms with Gasteiger partial charge in [-0.2, -0.15) is 5.10 Å². The Morgan fingerprint density at radius 3 is 3.04 bits per heavy atom. The highest BCUT2D eigenvalue weighted by molar-refractivity contribution is 6.30. The average molecular weight is 337 g/mol. The van der Waals surface area contributed by atoms with E-state index in [0.29, 0.717) is 18.2 Å². The van der Waals surface area contributed by atoms with Crippen molar-refractivity contribution in [2.75, 3.05) is 13.1 Å². The number of nitrogens with one attached hydrogen (secondary N) is 1. The molecule has 0 spiro atoms. The lowest BCUT2D eigenvalue weighted by atomic mass is 10.1. The number of amides is 1. The topological polar surface area (TPSA) is 63.3 Å². The number of aromatic nitrogens is 2. The minimum absolute atomic E-state index is 0.00836. The smallest absolute Gasteiger partial charge is 0.234 e. The van der Waals surface area contributed by atoms with Crippen LogP contribution in [0.3, 0.4) is 0 Å². The minimum atomic E-state index is -0.00836. The summed E-state index contributed by atoms with van der Waals surface area (Å²) in [6.45, 7) is 3.63. The maximum atomic E-state index is 12.2. The summed E-state index contributed by atoms with van der Waals surface area (Å²) in [5.41, 5.74) is 1.98. The molecule has 1 N–H and O–H groups in total. The van der Waals surface area contributed by atoms with Crippen molar-refractivity contribution in [3.63, 3.8) is 0 Å². The molecule has 0 saturated carbocycles. The van der Waals surface area contributed by atoms with Gasteiger partial charge in [0.2, 0.25) is 5.91 Å². The summed E-state index contributed by atoms with van der Waals surface area (Å²) in [5, 5.41) is 7.94. The van der Waals surface area contributed by atoms with Gasteiger partial charge in [0.1, 0.15) is 10.9 Å². The summed E-state index contributed by atoms with van der Waals surface area (Å²) < 4.78 is 6.92. The lowest BCUT2D eigenvalue weighted by molar-refractivity contribution is -0.122. The minimum Gasteiger partial charge on any atom is -0.467 e. The third kappa shape index (κ3) is 3.43. The number of nitrogens with zero attached hydrogens (tertiary/aromatic N) is 3. The van der Waals surface area contributed by atoms with E-state index in [1.807, 2.05) is 26.1 Å². The molecule has 1 saturated heterocycles. The molecule has 1 amide bonds. The van der Waals surface area contributed by atoms with Crippen LogP contribution in [0.1, 0.15) is 35.9 Å². The quantitative estimate of drug-likeness (QED) is 0.910. The fourth-order valence-corrected chi connectivity index (χ4v) is 3.51. The van der Waals surface area contributed by atoms with Gasteiger partial charge in [0.25, 0.3) is 0 Å². The van der Waals surface area contributed by atoms with Gasteiger partial charge >= 0.3 is 0 Å². The zero-order valence-corrected chi connectivity index (χ0v) is 14.1. The Labute approximate surface area is 140 Å². The van der Waals surface area contributed by atoms with E-state index in [-0.39, 0.29) is 11.9 Å². The van der Waals surface area contributed by atoms with Crippen LogP contribution in [-0.2, 0) is 18.4 Å². The van der Waals surface area contributed by atoms with Gasteiger partial charge in [0.15, 0.2) is 0 Å². The maximum Gasteiger partial charge on any atom is 0.234 e. The Balaban J connectivity index is 1.63. The van der Waals surface area contributed by atoms with Gasteiger partial charge in [-0.1, -0.05) is 11.6 Å². The Kier molecular flexibility index (Phi) is 4.73. The molecule has 7 heteroatoms. The normalized spacial score (nSPS) is 18.5. The van der Waals surface area contributed by atoms with Crippen LogP contribution in [0, 0.1) is 6.92 Å². The van der Waals surface area contributed by atoms with Crippen molar-refractivity contribution >= 4 is 17.5 Å². The van der Waals surface area contributed by atoms with Crippen molar-refractivity contribution in [2.24, 2.45) is 7.05 Å². The second-order valence-electron chi connectivity index (χ2n) is 5.90. The molecule has 0 aliphatic carbocycles. The number of furan rings is 1. The molecule has 0 unspecified atom stereocenters. The van der Waals surface area contributed by atoms with Crippen molar-refractivity contribution in [1.82, 2.24) is 20.0 Å². The van der Waals surface area contributed by atoms with Crippen LogP contribution in [0.2, 0.25) is 5.15 Å². The monoisotopic (exact) mass is 336 g/mol. The lowest BCUT2D eigenvalue weighted by Crippen LogP contribution is -2.36. The number of rotatable bonds is 5. The Hall–Kier alpha value is -1.79. The number of carbonyl (C=O) groups is 1. The molecule has 23 heavy (non-hydrogen) atoms. The predicted molar refractivity (Wildman–Crippen MR) is 87.1 cm³/mol. The molecular formula is C16H21ClN4O2. The van der Waals surface area contributed by atoms with Gasteiger partial charge in [-0.05, 0) is 38.4 Å². The first kappa shape index (κ1) is 16.1. The first-order valence-electron chi connectivity index (χ1n) is 7.78. The van der Waals surface area contributed by atoms with Crippen LogP contribution in [-0.4, -0.2) is 33.7 Å². The van der Waals surface area contributed by atoms with E-state index in [4.69, 9.17) is 16.0 Å². The molecule has 3 rings (SSSR count). The van der Waals surface area contributed by atoms with E-state index in [0.717, 1.165) is 36.4 Å². The Morgan fingerprint density at radius 2 is 2.39 bits per heavy atom. The number of hydrogen-bond acceptors (Lipinski definition) is 4. The van der Waals surface area contributed by atoms with Gasteiger partial charge in [-0.3, -0.25) is 14.4 Å². The summed E-state index contributed by atoms with van der Waals surface area (Å²) in [4.78, 5) is 14.4. The highest BCUT2D eigenvalue weighted by atomic mass is 35.5. The van der Waals surface area contributed by atoms with Crippen molar-refractivity contribution in [3.8, 4) is 0 Å². The van der Waals surface area contributed by atoms with E-state index in [9.17, 15) is 4.79 Å². The molecule has 124 valence electrons. The molecule has 1 aliphatic heterocycles. The van der Waals surface area contributed by atoms with Crippen molar-refractivity contribution in [2.45, 2.75) is 32.4 Å². The van der Waals surface area contributed by atoms with Crippen molar-refractivity contribution in [1.29, 1.82) is 0 Å². The summed E-state index contributed by atoms with van der Waals surface area (Å²) in [5.74, 6) is 0.744. The molecule has 0 radical (unpaired) electrons. The molecule has 1 fully saturated rings. The van der Waals surface area contributed by atoms with Gasteiger partial charge in [-0.25, -0.2) is 0 Å². The molecule has 3 heterocycles. The Morgan fingerprint density at radius 1 is 1.57 bits per heavy atom. The van der Waals surface area contributed by atoms with Gasteiger partial charge in [0.05, 0.1) is 25.0 Å². The van der Waals surface area contributed by atoms with E-state index in [2.05, 4.69) is 15.3 Å². The average Bonchev–Trinajstić information content (AvgIpc) is 3.21. The molecule has 0 bridgehead atoms. The highest BCUT2D eigenvalue weighted by Gasteiger charge is 2.32. The lowest BCUT2D eigenvalue weighted by Gasteiger charge is -2.24. The first-order chi connectivity index (χ1) is 11.1. The second-order valence-corrected chi connectivity index (χ2v) is 6.26. The molecule has 1 aliphatic rings. The third-order valence-corrected chi connectivity index (χ3v) is 4.73. The molecule has 0 aromatic carbocycles. The molecule has 2 aromatic heterocycles. The molecule has 6 nitrogen and oxygen atoms in total. The number of aryl methyl sites for hydroxylation is 2. The van der Waals surface area contributed by atoms with Crippen LogP contribution >= 0.6 is 11.6 Å². The standard InChI is InChI=1S/C16H21ClN4O2/c1-11-15(16(17)20(2)19-11)13-6-3-7-21(13)10-14(22)18-9-12-5-4-8-23-12/h4-5,8,13H,3,6-7,9-10H2,1-2H3,(H,18,22)/t13-/m1/s1. The number of hydrogen-bond donors (Lipinski definition) is 1. The Bertz CT molecular complexity index is 681. The zero-order valence-electron chi connectivity index (χ0n) is 13.4. The highest BCUT2D eigenvalue weighted by Crippen LogP contribution is 2.37. The van der Waals surface area contributed by atoms with Crippen molar-refractivity contribution in [3.05, 3.63) is 40.6 Å². The summed E-state index contributed by atoms with van der Waals surface area (Å²) in [6, 6.07) is 3.81. The zero-order chi connectivity index (χ0) is 16.4. The third-order valence-electron chi connectivity index (χ3n) is 4.28. The largest absolute Gasteiger partial charge is 0.467 e. The van der Waals surface area contributed by atoms with Gasteiger partial charge in [0, 0.05) is 18.7 Å². The predicted octanol–water partition coefficient (Wildman–Crippen LogP) is 2.43. The van der Waals surface area contributed by atoms with Crippen LogP contribution in [0.15, 0.2) is 22.8 Å². The number of carbonyl (C=O) groups excluding carboxylic acids is 1. The molecule has 2 aromatic rings. The van der Waals surface area contributed by atoms with E-state index in [1.165, 1.54) is 0 Å². The van der Waals surface area contributed by atoms with Gasteiger partial charge < -0.3 is 9.73 Å². The number of likely N-dealkylation sites (tertiary alicyclic amines) is 1. The van der Waals surface area contributed by atoms with E-state index < -0.39 is 0 Å². The van der Waals surface area contributed by atoms with Crippen LogP contribution in [0.4, 0.5) is 0 Å². The second kappa shape index (κ2) is 6.76. The summed E-state index contributed by atoms with van der Waals surface area (Å²) in [6.07, 6.45) is 3.66. The fourth-order valence-electron chi connectivity index (χ4n) is 3.21. The van der Waals surface area contributed by atoms with E-state index in [1.54, 1.807) is 10.9 Å². The summed E-state index contributed by atoms with van der Waals surface area (Å²) in [7, 11) is 1.84. The molecular weight excluding hydrogens is 316 g/mol. The van der Waals surface area contributed by atoms with Crippen LogP contribution in [0.5, 0.6) is 0 Å². The van der Waals surface area contributed by atoms with E-state index >= 15 is 0 Å². The first-order valence-corrected chi connectivity index (χ1v) is 8.16. The maximum absolute atomic E-state index is 12.2. The van der Waals surface area contributed by atoms with Gasteiger partial charge in [-0.15, -0.1) is 0 Å². The molecule has 1 atom stereocenters. The fraction of sp³-hybridized carbons (Fsp3) is 0.500. The van der Waals surface area contributed by atoms with Crippen molar-refractivity contribution < 1.29 is 9.21 Å². The SMILES string of the molecule is Cc1nn(C)c(Cl)c1[C@H]1CCCN1CC(=O)NCc1ccco1. The summed E-state index contributed by atoms with van der Waals surface area (Å²) >= 11 is 6.39. The van der Waals surface area contributed by atoms with Crippen LogP contribution in [0.25, 0.3) is 0 Å². The number of halogens is 1. The van der Waals surface area contributed by atoms with Crippen LogP contribution < -0.4 is 5.32 Å².